The van der Waals surface area contributed by atoms with Crippen LogP contribution in [-0.4, -0.2) is 28.8 Å². The summed E-state index contributed by atoms with van der Waals surface area (Å²) in [5.41, 5.74) is 1.60. The summed E-state index contributed by atoms with van der Waals surface area (Å²) in [6, 6.07) is 13.2. The molecule has 0 bridgehead atoms. The molecule has 2 heterocycles. The van der Waals surface area contributed by atoms with Gasteiger partial charge in [-0.2, -0.15) is 5.26 Å². The minimum absolute atomic E-state index is 0.400. The first-order valence-corrected chi connectivity index (χ1v) is 7.54. The van der Waals surface area contributed by atoms with Crippen molar-refractivity contribution < 1.29 is 5.11 Å². The predicted molar refractivity (Wildman–Crippen MR) is 85.9 cm³/mol. The van der Waals surface area contributed by atoms with Crippen LogP contribution in [0, 0.1) is 11.3 Å². The molecule has 3 rings (SSSR count). The van der Waals surface area contributed by atoms with Crippen LogP contribution in [0.15, 0.2) is 42.6 Å². The highest BCUT2D eigenvalue weighted by Gasteiger charge is 2.36. The summed E-state index contributed by atoms with van der Waals surface area (Å²) in [5, 5.41) is 20.3. The van der Waals surface area contributed by atoms with E-state index >= 15 is 0 Å². The molecule has 1 fully saturated rings. The van der Waals surface area contributed by atoms with E-state index in [0.29, 0.717) is 30.1 Å². The second-order valence-corrected chi connectivity index (χ2v) is 6.15. The van der Waals surface area contributed by atoms with E-state index in [1.807, 2.05) is 36.4 Å². The molecule has 2 aromatic rings. The van der Waals surface area contributed by atoms with Gasteiger partial charge in [0.15, 0.2) is 0 Å². The molecule has 0 amide bonds. The summed E-state index contributed by atoms with van der Waals surface area (Å²) >= 11 is 6.00. The minimum atomic E-state index is -0.765. The Labute approximate surface area is 134 Å². The zero-order valence-electron chi connectivity index (χ0n) is 12.0. The molecule has 1 N–H and O–H groups in total. The van der Waals surface area contributed by atoms with Crippen molar-refractivity contribution in [3.8, 4) is 6.07 Å². The van der Waals surface area contributed by atoms with Crippen LogP contribution in [0.4, 0.5) is 5.69 Å². The molecule has 1 aliphatic rings. The van der Waals surface area contributed by atoms with Crippen molar-refractivity contribution in [2.24, 2.45) is 0 Å². The Balaban J connectivity index is 1.71. The lowest BCUT2D eigenvalue weighted by atomic mass is 9.94. The van der Waals surface area contributed by atoms with Crippen LogP contribution in [0.5, 0.6) is 0 Å². The van der Waals surface area contributed by atoms with Gasteiger partial charge in [0.25, 0.3) is 0 Å². The minimum Gasteiger partial charge on any atom is -0.388 e. The fourth-order valence-electron chi connectivity index (χ4n) is 2.89. The van der Waals surface area contributed by atoms with Gasteiger partial charge in [-0.05, 0) is 36.2 Å². The summed E-state index contributed by atoms with van der Waals surface area (Å²) in [5.74, 6) is 0. The van der Waals surface area contributed by atoms with Gasteiger partial charge in [0.2, 0.25) is 0 Å². The maximum Gasteiger partial charge on any atom is 0.140 e. The number of aromatic nitrogens is 1. The van der Waals surface area contributed by atoms with E-state index in [1.165, 1.54) is 0 Å². The number of hydrogen-bond acceptors (Lipinski definition) is 4. The molecule has 1 aromatic heterocycles. The zero-order valence-corrected chi connectivity index (χ0v) is 12.8. The molecule has 22 heavy (non-hydrogen) atoms. The van der Waals surface area contributed by atoms with Crippen molar-refractivity contribution in [3.05, 3.63) is 58.9 Å². The smallest absolute Gasteiger partial charge is 0.140 e. The van der Waals surface area contributed by atoms with Gasteiger partial charge in [0.05, 0.1) is 17.5 Å². The van der Waals surface area contributed by atoms with Gasteiger partial charge in [-0.3, -0.25) is 0 Å². The Bertz CT molecular complexity index is 711. The van der Waals surface area contributed by atoms with Crippen LogP contribution >= 0.6 is 11.6 Å². The predicted octanol–water partition coefficient (Wildman–Crippen LogP) is 2.79. The zero-order chi connectivity index (χ0) is 15.6. The van der Waals surface area contributed by atoms with E-state index in [4.69, 9.17) is 16.9 Å². The Morgan fingerprint density at radius 3 is 2.91 bits per heavy atom. The second-order valence-electron chi connectivity index (χ2n) is 5.72. The van der Waals surface area contributed by atoms with Gasteiger partial charge in [0.1, 0.15) is 11.8 Å². The van der Waals surface area contributed by atoms with E-state index in [0.717, 1.165) is 17.8 Å². The molecule has 1 atom stereocenters. The Morgan fingerprint density at radius 1 is 1.36 bits per heavy atom. The maximum absolute atomic E-state index is 10.8. The van der Waals surface area contributed by atoms with Crippen LogP contribution in [-0.2, 0) is 6.42 Å². The molecule has 0 saturated carbocycles. The highest BCUT2D eigenvalue weighted by molar-refractivity contribution is 6.30. The molecular formula is C17H16ClN3O. The molecule has 1 aromatic carbocycles. The van der Waals surface area contributed by atoms with Crippen molar-refractivity contribution >= 4 is 17.3 Å². The van der Waals surface area contributed by atoms with Crippen LogP contribution in [0.2, 0.25) is 5.02 Å². The average molecular weight is 314 g/mol. The highest BCUT2D eigenvalue weighted by atomic mass is 35.5. The first-order valence-electron chi connectivity index (χ1n) is 7.16. The monoisotopic (exact) mass is 313 g/mol. The number of nitrogens with zero attached hydrogens (tertiary/aromatic N) is 3. The topological polar surface area (TPSA) is 60.2 Å². The summed E-state index contributed by atoms with van der Waals surface area (Å²) in [6.45, 7) is 1.32. The van der Waals surface area contributed by atoms with E-state index in [2.05, 4.69) is 9.88 Å². The van der Waals surface area contributed by atoms with Gasteiger partial charge < -0.3 is 10.0 Å². The normalized spacial score (nSPS) is 20.9. The van der Waals surface area contributed by atoms with Gasteiger partial charge in [0, 0.05) is 24.5 Å². The highest BCUT2D eigenvalue weighted by Crippen LogP contribution is 2.29. The quantitative estimate of drug-likeness (QED) is 0.946. The van der Waals surface area contributed by atoms with Gasteiger partial charge in [-0.25, -0.2) is 4.98 Å². The molecule has 4 nitrogen and oxygen atoms in total. The lowest BCUT2D eigenvalue weighted by molar-refractivity contribution is 0.0637. The SMILES string of the molecule is N#Cc1ccc(N2CC[C@](O)(Cc3cccc(Cl)c3)C2)cn1. The second kappa shape index (κ2) is 5.96. The van der Waals surface area contributed by atoms with Crippen molar-refractivity contribution in [2.75, 3.05) is 18.0 Å². The standard InChI is InChI=1S/C17H16ClN3O/c18-14-3-1-2-13(8-14)9-17(22)6-7-21(12-17)16-5-4-15(10-19)20-11-16/h1-5,8,11,22H,6-7,9,12H2/t17-/m0/s1. The summed E-state index contributed by atoms with van der Waals surface area (Å²) in [4.78, 5) is 6.18. The van der Waals surface area contributed by atoms with Crippen molar-refractivity contribution in [2.45, 2.75) is 18.4 Å². The first kappa shape index (κ1) is 14.8. The molecule has 112 valence electrons. The van der Waals surface area contributed by atoms with Crippen molar-refractivity contribution in [1.82, 2.24) is 4.98 Å². The van der Waals surface area contributed by atoms with E-state index in [-0.39, 0.29) is 0 Å². The Morgan fingerprint density at radius 2 is 2.23 bits per heavy atom. The molecule has 1 aliphatic heterocycles. The van der Waals surface area contributed by atoms with Crippen molar-refractivity contribution in [3.63, 3.8) is 0 Å². The number of pyridine rings is 1. The number of β-amino-alcohol motifs (C(OH)–C–C–N with tert-alkyl or cyclic N) is 1. The van der Waals surface area contributed by atoms with Crippen molar-refractivity contribution in [1.29, 1.82) is 5.26 Å². The molecule has 5 heteroatoms. The van der Waals surface area contributed by atoms with E-state index < -0.39 is 5.60 Å². The van der Waals surface area contributed by atoms with Gasteiger partial charge in [-0.1, -0.05) is 23.7 Å². The molecule has 0 spiro atoms. The third kappa shape index (κ3) is 3.22. The van der Waals surface area contributed by atoms with Gasteiger partial charge in [-0.15, -0.1) is 0 Å². The van der Waals surface area contributed by atoms with Crippen LogP contribution in [0.3, 0.4) is 0 Å². The van der Waals surface area contributed by atoms with Crippen LogP contribution in [0.1, 0.15) is 17.7 Å². The number of halogens is 1. The molecule has 0 unspecified atom stereocenters. The first-order chi connectivity index (χ1) is 10.6. The summed E-state index contributed by atoms with van der Waals surface area (Å²) in [7, 11) is 0. The van der Waals surface area contributed by atoms with Gasteiger partial charge >= 0.3 is 0 Å². The molecule has 1 saturated heterocycles. The third-order valence-corrected chi connectivity index (χ3v) is 4.22. The lowest BCUT2D eigenvalue weighted by Crippen LogP contribution is -2.35. The molecule has 0 radical (unpaired) electrons. The average Bonchev–Trinajstić information content (AvgIpc) is 2.89. The summed E-state index contributed by atoms with van der Waals surface area (Å²) in [6.07, 6.45) is 2.96. The lowest BCUT2D eigenvalue weighted by Gasteiger charge is -2.24. The van der Waals surface area contributed by atoms with E-state index in [1.54, 1.807) is 12.3 Å². The summed E-state index contributed by atoms with van der Waals surface area (Å²) < 4.78 is 0. The number of anilines is 1. The number of benzene rings is 1. The fourth-order valence-corrected chi connectivity index (χ4v) is 3.10. The van der Waals surface area contributed by atoms with Crippen LogP contribution in [0.25, 0.3) is 0 Å². The number of hydrogen-bond donors (Lipinski definition) is 1. The molecular weight excluding hydrogens is 298 g/mol. The number of rotatable bonds is 3. The number of aliphatic hydroxyl groups is 1. The maximum atomic E-state index is 10.8. The van der Waals surface area contributed by atoms with Crippen LogP contribution < -0.4 is 4.90 Å². The fraction of sp³-hybridized carbons (Fsp3) is 0.294. The number of nitriles is 1. The largest absolute Gasteiger partial charge is 0.388 e. The third-order valence-electron chi connectivity index (χ3n) is 3.98. The Kier molecular flexibility index (Phi) is 4.02. The Hall–Kier alpha value is -2.09. The van der Waals surface area contributed by atoms with E-state index in [9.17, 15) is 5.11 Å². The molecule has 0 aliphatic carbocycles.